The van der Waals surface area contributed by atoms with E-state index in [9.17, 15) is 9.59 Å². The number of fused-ring (bicyclic) bond motifs is 2. The molecule has 192 valence electrons. The highest BCUT2D eigenvalue weighted by molar-refractivity contribution is 8.13. The van der Waals surface area contributed by atoms with Crippen molar-refractivity contribution in [2.45, 2.75) is 19.4 Å². The maximum Gasteiger partial charge on any atom is 0.255 e. The number of rotatable bonds is 5. The van der Waals surface area contributed by atoms with Gasteiger partial charge in [0.05, 0.1) is 17.3 Å². The summed E-state index contributed by atoms with van der Waals surface area (Å²) in [4.78, 5) is 33.6. The van der Waals surface area contributed by atoms with Gasteiger partial charge in [0.25, 0.3) is 11.8 Å². The molecule has 1 fully saturated rings. The minimum Gasteiger partial charge on any atom is -0.454 e. The van der Waals surface area contributed by atoms with Gasteiger partial charge in [-0.25, -0.2) is 4.99 Å². The van der Waals surface area contributed by atoms with Crippen molar-refractivity contribution in [3.8, 4) is 11.5 Å². The fraction of sp³-hybridized carbons (Fsp3) is 0.207. The molecular formula is C29H26N4O4S. The number of nitrogens with one attached hydrogen (secondary N) is 2. The van der Waals surface area contributed by atoms with E-state index in [-0.39, 0.29) is 24.6 Å². The van der Waals surface area contributed by atoms with E-state index in [2.05, 4.69) is 15.5 Å². The van der Waals surface area contributed by atoms with E-state index < -0.39 is 0 Å². The Morgan fingerprint density at radius 2 is 1.71 bits per heavy atom. The largest absolute Gasteiger partial charge is 0.454 e. The number of benzene rings is 3. The van der Waals surface area contributed by atoms with Crippen molar-refractivity contribution >= 4 is 40.1 Å². The Morgan fingerprint density at radius 3 is 2.58 bits per heavy atom. The van der Waals surface area contributed by atoms with Crippen LogP contribution >= 0.6 is 11.8 Å². The Balaban J connectivity index is 1.31. The van der Waals surface area contributed by atoms with Crippen LogP contribution in [0, 0.1) is 0 Å². The molecule has 0 aliphatic carbocycles. The summed E-state index contributed by atoms with van der Waals surface area (Å²) in [6, 6.07) is 21.9. The predicted octanol–water partition coefficient (Wildman–Crippen LogP) is 5.43. The summed E-state index contributed by atoms with van der Waals surface area (Å²) in [6.45, 7) is 2.83. The van der Waals surface area contributed by atoms with Crippen LogP contribution in [0.3, 0.4) is 0 Å². The van der Waals surface area contributed by atoms with E-state index in [1.165, 1.54) is 0 Å². The lowest BCUT2D eigenvalue weighted by molar-refractivity contribution is -0.113. The third-order valence-corrected chi connectivity index (χ3v) is 7.71. The number of amides is 2. The highest BCUT2D eigenvalue weighted by Gasteiger charge is 2.37. The zero-order valence-electron chi connectivity index (χ0n) is 20.8. The van der Waals surface area contributed by atoms with E-state index in [1.54, 1.807) is 30.0 Å². The molecule has 3 heterocycles. The van der Waals surface area contributed by atoms with E-state index in [0.717, 1.165) is 35.1 Å². The van der Waals surface area contributed by atoms with Crippen LogP contribution in [0.1, 0.15) is 35.3 Å². The Kier molecular flexibility index (Phi) is 6.51. The molecule has 0 bridgehead atoms. The molecule has 3 aromatic carbocycles. The van der Waals surface area contributed by atoms with Gasteiger partial charge >= 0.3 is 0 Å². The smallest absolute Gasteiger partial charge is 0.255 e. The van der Waals surface area contributed by atoms with Gasteiger partial charge in [0, 0.05) is 29.2 Å². The van der Waals surface area contributed by atoms with E-state index >= 15 is 0 Å². The lowest BCUT2D eigenvalue weighted by Gasteiger charge is -2.41. The number of para-hydroxylation sites is 1. The Morgan fingerprint density at radius 1 is 0.921 bits per heavy atom. The molecule has 0 saturated carbocycles. The van der Waals surface area contributed by atoms with E-state index in [4.69, 9.17) is 14.5 Å². The van der Waals surface area contributed by atoms with Crippen LogP contribution in [0.25, 0.3) is 0 Å². The van der Waals surface area contributed by atoms with E-state index in [0.29, 0.717) is 34.0 Å². The predicted molar refractivity (Wildman–Crippen MR) is 149 cm³/mol. The Bertz CT molecular complexity index is 1470. The van der Waals surface area contributed by atoms with Crippen molar-refractivity contribution in [2.75, 3.05) is 29.7 Å². The number of hydrogen-bond donors (Lipinski definition) is 2. The van der Waals surface area contributed by atoms with Crippen LogP contribution in [0.5, 0.6) is 11.5 Å². The molecule has 1 unspecified atom stereocenters. The molecule has 3 aliphatic heterocycles. The van der Waals surface area contributed by atoms with Crippen molar-refractivity contribution in [1.29, 1.82) is 0 Å². The number of amidine groups is 1. The summed E-state index contributed by atoms with van der Waals surface area (Å²) in [6.07, 6.45) is 0.993. The molecule has 1 atom stereocenters. The minimum atomic E-state index is -0.332. The van der Waals surface area contributed by atoms with Gasteiger partial charge in [-0.3, -0.25) is 9.59 Å². The highest BCUT2D eigenvalue weighted by Crippen LogP contribution is 2.40. The molecule has 0 radical (unpaired) electrons. The van der Waals surface area contributed by atoms with Gasteiger partial charge in [0.1, 0.15) is 0 Å². The fourth-order valence-corrected chi connectivity index (χ4v) is 5.87. The molecule has 2 amide bonds. The normalized spacial score (nSPS) is 18.0. The molecule has 8 nitrogen and oxygen atoms in total. The molecule has 6 rings (SSSR count). The van der Waals surface area contributed by atoms with Gasteiger partial charge in [-0.1, -0.05) is 42.1 Å². The van der Waals surface area contributed by atoms with Gasteiger partial charge in [0.2, 0.25) is 6.79 Å². The van der Waals surface area contributed by atoms with Gasteiger partial charge in [-0.05, 0) is 61.4 Å². The average molecular weight is 527 g/mol. The highest BCUT2D eigenvalue weighted by atomic mass is 32.2. The lowest BCUT2D eigenvalue weighted by atomic mass is 9.93. The molecule has 9 heteroatoms. The average Bonchev–Trinajstić information content (AvgIpc) is 3.41. The Labute approximate surface area is 224 Å². The van der Waals surface area contributed by atoms with Crippen LogP contribution in [-0.4, -0.2) is 41.0 Å². The lowest BCUT2D eigenvalue weighted by Crippen LogP contribution is -2.43. The SMILES string of the molecule is CC1=C(C(=O)Nc2ccccc2)C(c2cccc(NC(=O)c3ccc4c(c3)OCO4)c2)N2CCCSC2=N1. The summed E-state index contributed by atoms with van der Waals surface area (Å²) >= 11 is 1.71. The number of nitrogens with zero attached hydrogens (tertiary/aromatic N) is 2. The third-order valence-electron chi connectivity index (χ3n) is 6.63. The zero-order chi connectivity index (χ0) is 26.1. The quantitative estimate of drug-likeness (QED) is 0.461. The van der Waals surface area contributed by atoms with Gasteiger partial charge in [0.15, 0.2) is 16.7 Å². The number of allylic oxidation sites excluding steroid dienone is 1. The Hall–Kier alpha value is -4.24. The standard InChI is InChI=1S/C29H26N4O4S/c1-18-25(28(35)31-21-8-3-2-4-9-21)26(33-13-6-14-38-29(33)30-18)19-7-5-10-22(15-19)32-27(34)20-11-12-23-24(16-20)37-17-36-23/h2-5,7-12,15-16,26H,6,13-14,17H2,1H3,(H,31,35)(H,32,34). The van der Waals surface area contributed by atoms with Crippen LogP contribution in [-0.2, 0) is 4.79 Å². The topological polar surface area (TPSA) is 92.3 Å². The first-order valence-electron chi connectivity index (χ1n) is 12.4. The number of carbonyl (C=O) groups is 2. The second-order valence-electron chi connectivity index (χ2n) is 9.16. The van der Waals surface area contributed by atoms with E-state index in [1.807, 2.05) is 61.5 Å². The first-order valence-corrected chi connectivity index (χ1v) is 13.4. The molecule has 0 aromatic heterocycles. The molecule has 38 heavy (non-hydrogen) atoms. The van der Waals surface area contributed by atoms with Crippen molar-refractivity contribution in [1.82, 2.24) is 4.90 Å². The number of thioether (sulfide) groups is 1. The van der Waals surface area contributed by atoms with Crippen LogP contribution < -0.4 is 20.1 Å². The molecule has 1 saturated heterocycles. The first kappa shape index (κ1) is 24.1. The fourth-order valence-electron chi connectivity index (χ4n) is 4.85. The van der Waals surface area contributed by atoms with Gasteiger partial charge < -0.3 is 25.0 Å². The second-order valence-corrected chi connectivity index (χ2v) is 10.2. The molecule has 3 aliphatic rings. The first-order chi connectivity index (χ1) is 18.6. The summed E-state index contributed by atoms with van der Waals surface area (Å²) in [5.41, 5.74) is 4.03. The summed E-state index contributed by atoms with van der Waals surface area (Å²) in [7, 11) is 0. The second kappa shape index (κ2) is 10.3. The summed E-state index contributed by atoms with van der Waals surface area (Å²) in [5.74, 6) is 1.73. The minimum absolute atomic E-state index is 0.150. The monoisotopic (exact) mass is 526 g/mol. The zero-order valence-corrected chi connectivity index (χ0v) is 21.6. The van der Waals surface area contributed by atoms with Crippen LogP contribution in [0.4, 0.5) is 11.4 Å². The van der Waals surface area contributed by atoms with Crippen LogP contribution in [0.15, 0.2) is 89.1 Å². The van der Waals surface area contributed by atoms with Crippen LogP contribution in [0.2, 0.25) is 0 Å². The number of anilines is 2. The molecule has 2 N–H and O–H groups in total. The number of hydrogen-bond acceptors (Lipinski definition) is 7. The summed E-state index contributed by atoms with van der Waals surface area (Å²) < 4.78 is 10.8. The molecular weight excluding hydrogens is 500 g/mol. The molecule has 0 spiro atoms. The van der Waals surface area contributed by atoms with Crippen molar-refractivity contribution in [2.24, 2.45) is 4.99 Å². The third kappa shape index (κ3) is 4.72. The number of carbonyl (C=O) groups excluding carboxylic acids is 2. The number of aliphatic imine (C=N–C) groups is 1. The van der Waals surface area contributed by atoms with Crippen molar-refractivity contribution < 1.29 is 19.1 Å². The van der Waals surface area contributed by atoms with Gasteiger partial charge in [-0.2, -0.15) is 0 Å². The maximum atomic E-state index is 13.6. The molecule has 3 aromatic rings. The van der Waals surface area contributed by atoms with Crippen molar-refractivity contribution in [3.05, 3.63) is 95.2 Å². The maximum absolute atomic E-state index is 13.6. The van der Waals surface area contributed by atoms with Gasteiger partial charge in [-0.15, -0.1) is 0 Å². The van der Waals surface area contributed by atoms with Crippen molar-refractivity contribution in [3.63, 3.8) is 0 Å². The number of ether oxygens (including phenoxy) is 2. The summed E-state index contributed by atoms with van der Waals surface area (Å²) in [5, 5.41) is 6.95.